The third kappa shape index (κ3) is 4.19. The zero-order valence-corrected chi connectivity index (χ0v) is 20.5. The highest BCUT2D eigenvalue weighted by molar-refractivity contribution is 7.99. The second-order valence-electron chi connectivity index (χ2n) is 9.34. The number of nitrogens with zero attached hydrogens (tertiary/aromatic N) is 4. The average Bonchev–Trinajstić information content (AvgIpc) is 3.30. The predicted octanol–water partition coefficient (Wildman–Crippen LogP) is 6.89. The van der Waals surface area contributed by atoms with Crippen molar-refractivity contribution in [2.75, 3.05) is 11.9 Å². The Kier molecular flexibility index (Phi) is 5.65. The maximum Gasteiger partial charge on any atom is 0.329 e. The van der Waals surface area contributed by atoms with Crippen LogP contribution in [0.4, 0.5) is 16.2 Å². The van der Waals surface area contributed by atoms with Crippen LogP contribution in [-0.2, 0) is 12.0 Å². The molecule has 0 unspecified atom stereocenters. The Morgan fingerprint density at radius 2 is 1.50 bits per heavy atom. The van der Waals surface area contributed by atoms with Crippen LogP contribution in [0.3, 0.4) is 0 Å². The Bertz CT molecular complexity index is 1300. The van der Waals surface area contributed by atoms with Gasteiger partial charge in [-0.2, -0.15) is 0 Å². The van der Waals surface area contributed by atoms with Crippen LogP contribution in [0.2, 0.25) is 0 Å². The summed E-state index contributed by atoms with van der Waals surface area (Å²) in [6, 6.07) is 23.9. The van der Waals surface area contributed by atoms with Gasteiger partial charge in [0.15, 0.2) is 0 Å². The van der Waals surface area contributed by atoms with E-state index in [4.69, 9.17) is 4.42 Å². The molecule has 6 nitrogen and oxygen atoms in total. The van der Waals surface area contributed by atoms with Crippen LogP contribution in [-0.4, -0.2) is 28.2 Å². The molecule has 2 amide bonds. The van der Waals surface area contributed by atoms with E-state index in [1.807, 2.05) is 60.7 Å². The van der Waals surface area contributed by atoms with Gasteiger partial charge in [-0.1, -0.05) is 68.9 Å². The van der Waals surface area contributed by atoms with Crippen molar-refractivity contribution >= 4 is 29.2 Å². The average molecular weight is 471 g/mol. The third-order valence-electron chi connectivity index (χ3n) is 5.79. The van der Waals surface area contributed by atoms with Gasteiger partial charge in [0, 0.05) is 22.4 Å². The van der Waals surface area contributed by atoms with E-state index in [9.17, 15) is 4.79 Å². The van der Waals surface area contributed by atoms with Crippen molar-refractivity contribution in [3.8, 4) is 11.5 Å². The first-order valence-electron chi connectivity index (χ1n) is 11.2. The summed E-state index contributed by atoms with van der Waals surface area (Å²) in [5.74, 6) is 0.833. The normalized spacial score (nSPS) is 12.8. The molecule has 2 heterocycles. The predicted molar refractivity (Wildman–Crippen MR) is 134 cm³/mol. The molecule has 7 heteroatoms. The summed E-state index contributed by atoms with van der Waals surface area (Å²) in [6.45, 7) is 6.74. The van der Waals surface area contributed by atoms with Gasteiger partial charge in [-0.15, -0.1) is 10.2 Å². The molecular weight excluding hydrogens is 444 g/mol. The number of hydrogen-bond donors (Lipinski definition) is 0. The highest BCUT2D eigenvalue weighted by Gasteiger charge is 2.30. The highest BCUT2D eigenvalue weighted by atomic mass is 32.2. The third-order valence-corrected chi connectivity index (χ3v) is 6.92. The second-order valence-corrected chi connectivity index (χ2v) is 10.4. The summed E-state index contributed by atoms with van der Waals surface area (Å²) in [5, 5.41) is 8.39. The Morgan fingerprint density at radius 1 is 0.912 bits per heavy atom. The van der Waals surface area contributed by atoms with Crippen LogP contribution in [0.25, 0.3) is 11.5 Å². The summed E-state index contributed by atoms with van der Waals surface area (Å²) in [6.07, 6.45) is 0. The molecular formula is C27H26N4O2S. The van der Waals surface area contributed by atoms with Gasteiger partial charge in [-0.25, -0.2) is 4.79 Å². The highest BCUT2D eigenvalue weighted by Crippen LogP contribution is 2.48. The van der Waals surface area contributed by atoms with E-state index in [1.54, 1.807) is 28.6 Å². The summed E-state index contributed by atoms with van der Waals surface area (Å²) in [4.78, 5) is 19.0. The molecule has 0 spiro atoms. The van der Waals surface area contributed by atoms with Crippen LogP contribution >= 0.6 is 11.8 Å². The van der Waals surface area contributed by atoms with E-state index >= 15 is 0 Å². The zero-order chi connectivity index (χ0) is 23.9. The lowest BCUT2D eigenvalue weighted by atomic mass is 9.87. The first-order valence-corrected chi connectivity index (χ1v) is 12.0. The standard InChI is InChI=1S/C27H26N4O2S/c1-27(2,3)19-15-13-18(14-16-19)25-29-28-24(33-25)17-30(4)26(32)31-20-9-5-7-11-22(20)34-23-12-8-6-10-21(23)31/h5-16H,17H2,1-4H3. The minimum absolute atomic E-state index is 0.0752. The van der Waals surface area contributed by atoms with Gasteiger partial charge in [-0.3, -0.25) is 4.90 Å². The lowest BCUT2D eigenvalue weighted by molar-refractivity contribution is 0.211. The minimum Gasteiger partial charge on any atom is -0.419 e. The number of amides is 2. The first kappa shape index (κ1) is 22.2. The van der Waals surface area contributed by atoms with Crippen LogP contribution in [0.15, 0.2) is 87.0 Å². The number of fused-ring (bicyclic) bond motifs is 2. The monoisotopic (exact) mass is 470 g/mol. The van der Waals surface area contributed by atoms with E-state index < -0.39 is 0 Å². The van der Waals surface area contributed by atoms with Gasteiger partial charge in [-0.05, 0) is 47.4 Å². The van der Waals surface area contributed by atoms with Gasteiger partial charge < -0.3 is 9.32 Å². The molecule has 0 radical (unpaired) electrons. The summed E-state index contributed by atoms with van der Waals surface area (Å²) in [7, 11) is 1.75. The van der Waals surface area contributed by atoms with E-state index in [1.165, 1.54) is 5.56 Å². The smallest absolute Gasteiger partial charge is 0.329 e. The van der Waals surface area contributed by atoms with E-state index in [-0.39, 0.29) is 18.0 Å². The van der Waals surface area contributed by atoms with Gasteiger partial charge >= 0.3 is 6.03 Å². The molecule has 0 atom stereocenters. The van der Waals surface area contributed by atoms with Crippen molar-refractivity contribution in [3.05, 3.63) is 84.3 Å². The fraction of sp³-hybridized carbons (Fsp3) is 0.222. The number of para-hydroxylation sites is 2. The number of anilines is 2. The van der Waals surface area contributed by atoms with Gasteiger partial charge in [0.05, 0.1) is 11.4 Å². The molecule has 1 aromatic heterocycles. The van der Waals surface area contributed by atoms with Crippen molar-refractivity contribution in [2.24, 2.45) is 0 Å². The Balaban J connectivity index is 1.37. The molecule has 4 aromatic rings. The first-order chi connectivity index (χ1) is 16.3. The molecule has 0 saturated heterocycles. The maximum absolute atomic E-state index is 13.6. The molecule has 172 valence electrons. The molecule has 3 aromatic carbocycles. The second kappa shape index (κ2) is 8.65. The minimum atomic E-state index is -0.158. The number of carbonyl (C=O) groups excluding carboxylic acids is 1. The Hall–Kier alpha value is -3.58. The van der Waals surface area contributed by atoms with Crippen LogP contribution < -0.4 is 4.90 Å². The number of urea groups is 1. The number of carbonyl (C=O) groups is 1. The van der Waals surface area contributed by atoms with Crippen LogP contribution in [0, 0.1) is 0 Å². The fourth-order valence-electron chi connectivity index (χ4n) is 3.90. The summed E-state index contributed by atoms with van der Waals surface area (Å²) < 4.78 is 5.90. The Morgan fingerprint density at radius 3 is 2.09 bits per heavy atom. The van der Waals surface area contributed by atoms with Crippen molar-refractivity contribution in [1.29, 1.82) is 0 Å². The zero-order valence-electron chi connectivity index (χ0n) is 19.6. The van der Waals surface area contributed by atoms with Crippen molar-refractivity contribution in [1.82, 2.24) is 15.1 Å². The molecule has 0 saturated carbocycles. The molecule has 0 fully saturated rings. The molecule has 1 aliphatic rings. The molecule has 0 aliphatic carbocycles. The number of aromatic nitrogens is 2. The molecule has 5 rings (SSSR count). The Labute approximate surface area is 203 Å². The van der Waals surface area contributed by atoms with Crippen LogP contribution in [0.1, 0.15) is 32.2 Å². The van der Waals surface area contributed by atoms with Gasteiger partial charge in [0.25, 0.3) is 0 Å². The van der Waals surface area contributed by atoms with Crippen molar-refractivity contribution in [2.45, 2.75) is 42.5 Å². The quantitative estimate of drug-likeness (QED) is 0.326. The van der Waals surface area contributed by atoms with Gasteiger partial charge in [0.2, 0.25) is 11.8 Å². The lowest BCUT2D eigenvalue weighted by Crippen LogP contribution is -2.39. The maximum atomic E-state index is 13.6. The van der Waals surface area contributed by atoms with E-state index in [0.29, 0.717) is 11.8 Å². The summed E-state index contributed by atoms with van der Waals surface area (Å²) >= 11 is 1.67. The molecule has 1 aliphatic heterocycles. The molecule has 0 N–H and O–H groups in total. The van der Waals surface area contributed by atoms with Crippen LogP contribution in [0.5, 0.6) is 0 Å². The van der Waals surface area contributed by atoms with Gasteiger partial charge in [0.1, 0.15) is 6.54 Å². The number of hydrogen-bond acceptors (Lipinski definition) is 5. The summed E-state index contributed by atoms with van der Waals surface area (Å²) in [5.41, 5.74) is 3.91. The van der Waals surface area contributed by atoms with Crippen molar-refractivity contribution < 1.29 is 9.21 Å². The van der Waals surface area contributed by atoms with E-state index in [2.05, 4.69) is 43.1 Å². The molecule has 34 heavy (non-hydrogen) atoms. The number of rotatable bonds is 3. The van der Waals surface area contributed by atoms with Crippen molar-refractivity contribution in [3.63, 3.8) is 0 Å². The SMILES string of the molecule is CN(Cc1nnc(-c2ccc(C(C)(C)C)cc2)o1)C(=O)N1c2ccccc2Sc2ccccc21. The topological polar surface area (TPSA) is 62.5 Å². The largest absolute Gasteiger partial charge is 0.419 e. The van der Waals surface area contributed by atoms with E-state index in [0.717, 1.165) is 26.7 Å². The lowest BCUT2D eigenvalue weighted by Gasteiger charge is -2.33. The molecule has 0 bridgehead atoms. The number of benzene rings is 3. The fourth-order valence-corrected chi connectivity index (χ4v) is 4.96.